The monoisotopic (exact) mass is 300 g/mol. The molecular formula is C12H17ClN4O3. The van der Waals surface area contributed by atoms with E-state index >= 15 is 0 Å². The number of carbonyl (C=O) groups excluding carboxylic acids is 1. The number of piperidine rings is 1. The summed E-state index contributed by atoms with van der Waals surface area (Å²) < 4.78 is 5.48. The summed E-state index contributed by atoms with van der Waals surface area (Å²) in [6, 6.07) is 0.270. The Morgan fingerprint density at radius 2 is 2.30 bits per heavy atom. The summed E-state index contributed by atoms with van der Waals surface area (Å²) in [4.78, 5) is 23.1. The predicted molar refractivity (Wildman–Crippen MR) is 75.0 cm³/mol. The molecule has 0 unspecified atom stereocenters. The maximum absolute atomic E-state index is 12.0. The molecule has 1 saturated heterocycles. The van der Waals surface area contributed by atoms with Crippen LogP contribution in [0.25, 0.3) is 0 Å². The molecular weight excluding hydrogens is 284 g/mol. The van der Waals surface area contributed by atoms with Gasteiger partial charge in [-0.25, -0.2) is 4.68 Å². The number of methoxy groups -OCH3 is 1. The van der Waals surface area contributed by atoms with Gasteiger partial charge in [0, 0.05) is 6.04 Å². The average Bonchev–Trinajstić information content (AvgIpc) is 2.48. The lowest BCUT2D eigenvalue weighted by Gasteiger charge is -2.24. The first-order valence-electron chi connectivity index (χ1n) is 6.41. The number of hydrogen-bond donors (Lipinski definition) is 2. The molecule has 0 aliphatic carbocycles. The highest BCUT2D eigenvalue weighted by molar-refractivity contribution is 6.32. The lowest BCUT2D eigenvalue weighted by Crippen LogP contribution is -2.36. The molecule has 1 fully saturated rings. The summed E-state index contributed by atoms with van der Waals surface area (Å²) in [5.41, 5.74) is 0.000633. The van der Waals surface area contributed by atoms with Crippen molar-refractivity contribution in [3.63, 3.8) is 0 Å². The summed E-state index contributed by atoms with van der Waals surface area (Å²) in [6.45, 7) is 1.62. The maximum Gasteiger partial charge on any atom is 0.327 e. The largest absolute Gasteiger partial charge is 0.468 e. The molecule has 0 atom stereocenters. The molecule has 8 heteroatoms. The minimum absolute atomic E-state index is 0.0439. The molecule has 2 N–H and O–H groups in total. The molecule has 1 aromatic heterocycles. The number of rotatable bonds is 4. The van der Waals surface area contributed by atoms with Gasteiger partial charge in [-0.05, 0) is 25.9 Å². The van der Waals surface area contributed by atoms with Gasteiger partial charge < -0.3 is 15.4 Å². The Morgan fingerprint density at radius 3 is 2.95 bits per heavy atom. The molecule has 0 amide bonds. The van der Waals surface area contributed by atoms with Crippen molar-refractivity contribution in [1.82, 2.24) is 15.1 Å². The van der Waals surface area contributed by atoms with Gasteiger partial charge in [-0.2, -0.15) is 5.10 Å². The number of esters is 1. The SMILES string of the molecule is COC(=O)Cn1ncc(NC2CCNCC2)c(Cl)c1=O. The summed E-state index contributed by atoms with van der Waals surface area (Å²) >= 11 is 6.04. The van der Waals surface area contributed by atoms with Crippen molar-refractivity contribution < 1.29 is 9.53 Å². The predicted octanol–water partition coefficient (Wildman–Crippen LogP) is 0.234. The molecule has 0 bridgehead atoms. The van der Waals surface area contributed by atoms with Crippen LogP contribution in [-0.2, 0) is 16.1 Å². The van der Waals surface area contributed by atoms with Crippen LogP contribution in [0.2, 0.25) is 5.02 Å². The van der Waals surface area contributed by atoms with E-state index in [1.807, 2.05) is 0 Å². The maximum atomic E-state index is 12.0. The molecule has 0 radical (unpaired) electrons. The number of nitrogens with one attached hydrogen (secondary N) is 2. The molecule has 0 saturated carbocycles. The highest BCUT2D eigenvalue weighted by Gasteiger charge is 2.17. The van der Waals surface area contributed by atoms with Crippen molar-refractivity contribution >= 4 is 23.3 Å². The Balaban J connectivity index is 2.13. The number of ether oxygens (including phenoxy) is 1. The first kappa shape index (κ1) is 14.8. The highest BCUT2D eigenvalue weighted by atomic mass is 35.5. The van der Waals surface area contributed by atoms with Gasteiger partial charge >= 0.3 is 5.97 Å². The van der Waals surface area contributed by atoms with Crippen LogP contribution in [0.4, 0.5) is 5.69 Å². The second kappa shape index (κ2) is 6.71. The quantitative estimate of drug-likeness (QED) is 0.775. The van der Waals surface area contributed by atoms with Crippen molar-refractivity contribution in [2.75, 3.05) is 25.5 Å². The number of anilines is 1. The van der Waals surface area contributed by atoms with Crippen LogP contribution in [0.1, 0.15) is 12.8 Å². The molecule has 7 nitrogen and oxygen atoms in total. The Kier molecular flexibility index (Phi) is 4.97. The number of aromatic nitrogens is 2. The molecule has 0 spiro atoms. The Hall–Kier alpha value is -1.60. The fraction of sp³-hybridized carbons (Fsp3) is 0.583. The second-order valence-corrected chi connectivity index (χ2v) is 4.96. The van der Waals surface area contributed by atoms with E-state index in [0.29, 0.717) is 5.69 Å². The van der Waals surface area contributed by atoms with Crippen LogP contribution >= 0.6 is 11.6 Å². The summed E-state index contributed by atoms with van der Waals surface area (Å²) in [5, 5.41) is 10.5. The number of carbonyl (C=O) groups is 1. The van der Waals surface area contributed by atoms with Crippen molar-refractivity contribution in [3.8, 4) is 0 Å². The van der Waals surface area contributed by atoms with E-state index in [1.54, 1.807) is 0 Å². The smallest absolute Gasteiger partial charge is 0.327 e. The fourth-order valence-electron chi connectivity index (χ4n) is 2.05. The Labute approximate surface area is 121 Å². The zero-order chi connectivity index (χ0) is 14.5. The van der Waals surface area contributed by atoms with Gasteiger partial charge in [0.05, 0.1) is 19.0 Å². The van der Waals surface area contributed by atoms with Gasteiger partial charge in [0.2, 0.25) is 0 Å². The zero-order valence-electron chi connectivity index (χ0n) is 11.2. The van der Waals surface area contributed by atoms with Gasteiger partial charge in [-0.3, -0.25) is 9.59 Å². The number of hydrogen-bond acceptors (Lipinski definition) is 6. The minimum Gasteiger partial charge on any atom is -0.468 e. The van der Waals surface area contributed by atoms with Crippen molar-refractivity contribution in [2.24, 2.45) is 0 Å². The molecule has 20 heavy (non-hydrogen) atoms. The van der Waals surface area contributed by atoms with Gasteiger partial charge in [0.25, 0.3) is 5.56 Å². The molecule has 1 aliphatic rings. The molecule has 110 valence electrons. The first-order valence-corrected chi connectivity index (χ1v) is 6.79. The zero-order valence-corrected chi connectivity index (χ0v) is 11.9. The summed E-state index contributed by atoms with van der Waals surface area (Å²) in [7, 11) is 1.25. The van der Waals surface area contributed by atoms with E-state index in [0.717, 1.165) is 30.6 Å². The lowest BCUT2D eigenvalue weighted by molar-refractivity contribution is -0.141. The van der Waals surface area contributed by atoms with Gasteiger partial charge in [-0.15, -0.1) is 0 Å². The van der Waals surface area contributed by atoms with Crippen LogP contribution in [0.5, 0.6) is 0 Å². The van der Waals surface area contributed by atoms with Crippen LogP contribution in [0, 0.1) is 0 Å². The van der Waals surface area contributed by atoms with Gasteiger partial charge in [0.15, 0.2) is 0 Å². The third-order valence-electron chi connectivity index (χ3n) is 3.19. The van der Waals surface area contributed by atoms with Crippen LogP contribution in [0.3, 0.4) is 0 Å². The van der Waals surface area contributed by atoms with Gasteiger partial charge in [0.1, 0.15) is 11.6 Å². The Morgan fingerprint density at radius 1 is 1.60 bits per heavy atom. The van der Waals surface area contributed by atoms with Crippen molar-refractivity contribution in [3.05, 3.63) is 21.6 Å². The average molecular weight is 301 g/mol. The lowest BCUT2D eigenvalue weighted by atomic mass is 10.1. The standard InChI is InChI=1S/C12H17ClN4O3/c1-20-10(18)7-17-12(19)11(13)9(6-15-17)16-8-2-4-14-5-3-8/h6,8,14,16H,2-5,7H2,1H3. The number of nitrogens with zero attached hydrogens (tertiary/aromatic N) is 2. The topological polar surface area (TPSA) is 85.2 Å². The van der Waals surface area contributed by atoms with Crippen LogP contribution in [-0.4, -0.2) is 42.0 Å². The second-order valence-electron chi connectivity index (χ2n) is 4.58. The van der Waals surface area contributed by atoms with E-state index in [1.165, 1.54) is 13.3 Å². The summed E-state index contributed by atoms with van der Waals surface area (Å²) in [5.74, 6) is -0.547. The Bertz CT molecular complexity index is 540. The third-order valence-corrected chi connectivity index (χ3v) is 3.56. The molecule has 2 heterocycles. The van der Waals surface area contributed by atoms with E-state index < -0.39 is 11.5 Å². The summed E-state index contributed by atoms with van der Waals surface area (Å²) in [6.07, 6.45) is 3.39. The molecule has 2 rings (SSSR count). The number of halogens is 1. The first-order chi connectivity index (χ1) is 9.61. The minimum atomic E-state index is -0.547. The molecule has 1 aliphatic heterocycles. The van der Waals surface area contributed by atoms with E-state index in [4.69, 9.17) is 11.6 Å². The normalized spacial score (nSPS) is 15.9. The third kappa shape index (κ3) is 3.49. The van der Waals surface area contributed by atoms with Gasteiger partial charge in [-0.1, -0.05) is 11.6 Å². The highest BCUT2D eigenvalue weighted by Crippen LogP contribution is 2.18. The van der Waals surface area contributed by atoms with Crippen molar-refractivity contribution in [1.29, 1.82) is 0 Å². The van der Waals surface area contributed by atoms with Crippen LogP contribution in [0.15, 0.2) is 11.0 Å². The fourth-order valence-corrected chi connectivity index (χ4v) is 2.25. The molecule has 0 aromatic carbocycles. The molecule has 1 aromatic rings. The van der Waals surface area contributed by atoms with Crippen molar-refractivity contribution in [2.45, 2.75) is 25.4 Å². The van der Waals surface area contributed by atoms with E-state index in [-0.39, 0.29) is 17.6 Å². The van der Waals surface area contributed by atoms with Crippen LogP contribution < -0.4 is 16.2 Å². The van der Waals surface area contributed by atoms with E-state index in [2.05, 4.69) is 20.5 Å². The van der Waals surface area contributed by atoms with E-state index in [9.17, 15) is 9.59 Å².